The smallest absolute Gasteiger partial charge is 0.306 e. The number of esters is 1. The van der Waals surface area contributed by atoms with Crippen LogP contribution in [-0.2, 0) is 47.5 Å². The minimum atomic E-state index is -0.792. The molecular weight excluding hydrogens is 783 g/mol. The molecule has 2 N–H and O–H groups in total. The van der Waals surface area contributed by atoms with Crippen LogP contribution in [0.25, 0.3) is 0 Å². The van der Waals surface area contributed by atoms with Crippen molar-refractivity contribution in [3.05, 3.63) is 11.6 Å². The maximum absolute atomic E-state index is 15.1. The van der Waals surface area contributed by atoms with E-state index in [1.54, 1.807) is 21.3 Å². The van der Waals surface area contributed by atoms with Crippen molar-refractivity contribution in [3.63, 3.8) is 0 Å². The summed E-state index contributed by atoms with van der Waals surface area (Å²) in [6, 6.07) is 0.0628. The molecule has 7 aliphatic rings. The number of nitrogens with zero attached hydrogens (tertiary/aromatic N) is 2. The van der Waals surface area contributed by atoms with Crippen LogP contribution in [0.5, 0.6) is 0 Å². The average Bonchev–Trinajstić information content (AvgIpc) is 4.00. The molecule has 14 nitrogen and oxygen atoms in total. The molecule has 0 aromatic carbocycles. The second-order valence-electron chi connectivity index (χ2n) is 19.6. The van der Waals surface area contributed by atoms with E-state index < -0.39 is 36.6 Å². The van der Waals surface area contributed by atoms with Gasteiger partial charge in [0.05, 0.1) is 36.9 Å². The molecule has 4 aliphatic heterocycles. The molecule has 0 aromatic rings. The van der Waals surface area contributed by atoms with Crippen LogP contribution in [-0.4, -0.2) is 168 Å². The number of hydrogen-bond acceptors (Lipinski definition) is 14. The first-order valence-electron chi connectivity index (χ1n) is 23.8. The lowest BCUT2D eigenvalue weighted by Crippen LogP contribution is -2.59. The Morgan fingerprint density at radius 3 is 2.26 bits per heavy atom. The number of ether oxygens (including phenoxy) is 8. The number of rotatable bonds is 13. The lowest BCUT2D eigenvalue weighted by Gasteiger charge is -2.47. The van der Waals surface area contributed by atoms with Crippen molar-refractivity contribution in [2.75, 3.05) is 61.6 Å². The van der Waals surface area contributed by atoms with Gasteiger partial charge >= 0.3 is 5.97 Å². The van der Waals surface area contributed by atoms with Gasteiger partial charge in [0, 0.05) is 64.3 Å². The van der Waals surface area contributed by atoms with E-state index in [1.165, 1.54) is 12.8 Å². The number of methoxy groups -OCH3 is 3. The summed E-state index contributed by atoms with van der Waals surface area (Å²) in [4.78, 5) is 33.7. The molecule has 4 heterocycles. The molecule has 348 valence electrons. The van der Waals surface area contributed by atoms with E-state index in [1.807, 2.05) is 13.8 Å². The third-order valence-corrected chi connectivity index (χ3v) is 15.9. The van der Waals surface area contributed by atoms with Gasteiger partial charge in [-0.2, -0.15) is 0 Å². The van der Waals surface area contributed by atoms with Crippen LogP contribution in [0.2, 0.25) is 0 Å². The van der Waals surface area contributed by atoms with Crippen molar-refractivity contribution in [2.45, 2.75) is 178 Å². The standard InChI is InChI=1S/C47H79N3O11/c1-10-29-14-13-15-37(61-39-17-16-36(49(5)6)27(3)57-39)26(2)42(52)35-24-32-31-22-30(60-47-46(56-9)45(55-8)44(54-7)28(4)58-47)23-34(31)41(48-18-21-50-19-11-12-20-50)43(53)40(32)33(35)25-38(51)59-29/h24,26-34,36-37,39-41,43-48,53H,10-23,25H2,1-9H3/t26-,27?,28?,29+,30+,31+,32+,33-,34-,36+,37+,39+,40-,41+,43+,44+,45?,46+,47+/m1/s1. The fraction of sp³-hybridized carbons (Fsp3) is 0.915. The predicted octanol–water partition coefficient (Wildman–Crippen LogP) is 4.35. The van der Waals surface area contributed by atoms with Gasteiger partial charge in [-0.3, -0.25) is 9.59 Å². The highest BCUT2D eigenvalue weighted by molar-refractivity contribution is 5.99. The summed E-state index contributed by atoms with van der Waals surface area (Å²) in [5.41, 5.74) is 0.643. The minimum Gasteiger partial charge on any atom is -0.462 e. The Kier molecular flexibility index (Phi) is 16.4. The number of hydrogen-bond donors (Lipinski definition) is 2. The van der Waals surface area contributed by atoms with E-state index in [2.05, 4.69) is 49.1 Å². The van der Waals surface area contributed by atoms with Crippen LogP contribution < -0.4 is 5.32 Å². The van der Waals surface area contributed by atoms with E-state index in [0.717, 1.165) is 51.9 Å². The van der Waals surface area contributed by atoms with Crippen molar-refractivity contribution in [1.82, 2.24) is 15.1 Å². The molecule has 0 bridgehead atoms. The number of allylic oxidation sites excluding steroid dienone is 2. The monoisotopic (exact) mass is 862 g/mol. The van der Waals surface area contributed by atoms with E-state index >= 15 is 4.79 Å². The van der Waals surface area contributed by atoms with Gasteiger partial charge in [0.25, 0.3) is 0 Å². The summed E-state index contributed by atoms with van der Waals surface area (Å²) >= 11 is 0. The number of cyclic esters (lactones) is 1. The fourth-order valence-electron chi connectivity index (χ4n) is 12.7. The molecule has 7 rings (SSSR count). The second kappa shape index (κ2) is 21.2. The number of fused-ring (bicyclic) bond motifs is 5. The molecule has 6 fully saturated rings. The van der Waals surface area contributed by atoms with Gasteiger partial charge in [-0.25, -0.2) is 0 Å². The number of ketones is 1. The number of likely N-dealkylation sites (N-methyl/N-ethyl adjacent to an activating group) is 1. The number of aliphatic hydroxyl groups excluding tert-OH is 1. The molecule has 61 heavy (non-hydrogen) atoms. The number of aliphatic hydroxyl groups is 1. The molecule has 19 atom stereocenters. The molecule has 2 saturated carbocycles. The number of likely N-dealkylation sites (tertiary alicyclic amines) is 1. The van der Waals surface area contributed by atoms with E-state index in [4.69, 9.17) is 37.9 Å². The summed E-state index contributed by atoms with van der Waals surface area (Å²) in [5, 5.41) is 16.5. The van der Waals surface area contributed by atoms with Crippen LogP contribution >= 0.6 is 0 Å². The number of carbonyl (C=O) groups is 2. The Labute approximate surface area is 365 Å². The molecule has 0 spiro atoms. The highest BCUT2D eigenvalue weighted by atomic mass is 16.7. The first-order valence-corrected chi connectivity index (χ1v) is 23.8. The largest absolute Gasteiger partial charge is 0.462 e. The highest BCUT2D eigenvalue weighted by Crippen LogP contribution is 2.57. The Balaban J connectivity index is 1.17. The van der Waals surface area contributed by atoms with Gasteiger partial charge < -0.3 is 58.1 Å². The Morgan fingerprint density at radius 2 is 1.59 bits per heavy atom. The second-order valence-corrected chi connectivity index (χ2v) is 19.6. The predicted molar refractivity (Wildman–Crippen MR) is 229 cm³/mol. The van der Waals surface area contributed by atoms with E-state index in [-0.39, 0.29) is 90.6 Å². The maximum atomic E-state index is 15.1. The quantitative estimate of drug-likeness (QED) is 0.253. The lowest BCUT2D eigenvalue weighted by molar-refractivity contribution is -0.314. The molecule has 4 saturated heterocycles. The number of carbonyl (C=O) groups excluding carboxylic acids is 2. The minimum absolute atomic E-state index is 0.00114. The molecule has 3 aliphatic carbocycles. The van der Waals surface area contributed by atoms with Crippen molar-refractivity contribution in [3.8, 4) is 0 Å². The van der Waals surface area contributed by atoms with Gasteiger partial charge in [-0.15, -0.1) is 0 Å². The van der Waals surface area contributed by atoms with Crippen LogP contribution in [0.3, 0.4) is 0 Å². The first kappa shape index (κ1) is 47.4. The average molecular weight is 862 g/mol. The first-order chi connectivity index (χ1) is 29.4. The summed E-state index contributed by atoms with van der Waals surface area (Å²) in [6.07, 6.45) is 6.50. The van der Waals surface area contributed by atoms with Crippen molar-refractivity contribution in [1.29, 1.82) is 0 Å². The number of nitrogens with one attached hydrogen (secondary N) is 1. The lowest BCUT2D eigenvalue weighted by atomic mass is 9.62. The van der Waals surface area contributed by atoms with Crippen LogP contribution in [0, 0.1) is 35.5 Å². The molecule has 0 amide bonds. The summed E-state index contributed by atoms with van der Waals surface area (Å²) in [7, 11) is 9.13. The third-order valence-electron chi connectivity index (χ3n) is 15.9. The molecule has 0 radical (unpaired) electrons. The molecule has 3 unspecified atom stereocenters. The Morgan fingerprint density at radius 1 is 0.869 bits per heavy atom. The SMILES string of the molecule is CC[C@H]1CCC[C@H](O[C@H]2CC[C@H](N(C)C)C(C)O2)[C@@H](C)C(=O)C2=C[C@H]3[C@@H]4C[C@H](O[C@@H]5OC(C)[C@H](OC)C(OC)[C@@H]5OC)C[C@H]4[C@H](NCCN4CCCC4)[C@@H](O)[C@H]3[C@@H]2CC(=O)O1. The normalized spacial score (nSPS) is 45.1. The third kappa shape index (κ3) is 10.3. The molecular formula is C47H79N3O11. The zero-order valence-corrected chi connectivity index (χ0v) is 38.6. The summed E-state index contributed by atoms with van der Waals surface area (Å²) in [5.74, 6) is -1.53. The zero-order chi connectivity index (χ0) is 43.5. The van der Waals surface area contributed by atoms with Gasteiger partial charge in [0.1, 0.15) is 24.4 Å². The van der Waals surface area contributed by atoms with Crippen LogP contribution in [0.15, 0.2) is 11.6 Å². The van der Waals surface area contributed by atoms with Gasteiger partial charge in [0.15, 0.2) is 18.4 Å². The van der Waals surface area contributed by atoms with Crippen LogP contribution in [0.4, 0.5) is 0 Å². The summed E-state index contributed by atoms with van der Waals surface area (Å²) in [6.45, 7) is 12.0. The molecule has 14 heteroatoms. The van der Waals surface area contributed by atoms with Gasteiger partial charge in [0.2, 0.25) is 0 Å². The zero-order valence-electron chi connectivity index (χ0n) is 38.6. The Bertz CT molecular complexity index is 1480. The fourth-order valence-corrected chi connectivity index (χ4v) is 12.7. The Hall–Kier alpha value is -1.56. The van der Waals surface area contributed by atoms with Crippen molar-refractivity contribution >= 4 is 11.8 Å². The maximum Gasteiger partial charge on any atom is 0.306 e. The number of Topliss-reactive ketones (excluding diaryl/α,β-unsaturated/α-hetero) is 1. The molecule has 0 aromatic heterocycles. The van der Waals surface area contributed by atoms with Crippen LogP contribution in [0.1, 0.15) is 98.3 Å². The highest BCUT2D eigenvalue weighted by Gasteiger charge is 2.59. The van der Waals surface area contributed by atoms with Gasteiger partial charge in [-0.1, -0.05) is 19.9 Å². The van der Waals surface area contributed by atoms with Gasteiger partial charge in [-0.05, 0) is 129 Å². The summed E-state index contributed by atoms with van der Waals surface area (Å²) < 4.78 is 50.3. The van der Waals surface area contributed by atoms with Crippen molar-refractivity contribution < 1.29 is 52.6 Å². The van der Waals surface area contributed by atoms with Crippen molar-refractivity contribution in [2.24, 2.45) is 35.5 Å². The van der Waals surface area contributed by atoms with E-state index in [9.17, 15) is 9.90 Å². The topological polar surface area (TPSA) is 147 Å². The van der Waals surface area contributed by atoms with E-state index in [0.29, 0.717) is 37.3 Å².